The van der Waals surface area contributed by atoms with E-state index in [2.05, 4.69) is 4.99 Å². The van der Waals surface area contributed by atoms with E-state index in [0.29, 0.717) is 5.75 Å². The van der Waals surface area contributed by atoms with Gasteiger partial charge in [-0.2, -0.15) is 0 Å². The van der Waals surface area contributed by atoms with Gasteiger partial charge in [-0.15, -0.1) is 4.99 Å². The van der Waals surface area contributed by atoms with E-state index in [9.17, 15) is 9.59 Å². The van der Waals surface area contributed by atoms with Crippen LogP contribution in [-0.2, 0) is 9.59 Å². The number of ether oxygens (including phenoxy) is 1. The smallest absolute Gasteiger partial charge is 0.294 e. The SMILES string of the molecule is Cc1ccc(C)c(OCC(=O)N=C=O)c1C. The Morgan fingerprint density at radius 2 is 1.94 bits per heavy atom. The molecule has 0 aromatic heterocycles. The molecule has 16 heavy (non-hydrogen) atoms. The second-order valence-electron chi connectivity index (χ2n) is 3.54. The predicted octanol–water partition coefficient (Wildman–Crippen LogP) is 1.85. The normalized spacial score (nSPS) is 9.44. The third-order valence-corrected chi connectivity index (χ3v) is 2.38. The van der Waals surface area contributed by atoms with Crippen LogP contribution in [0.5, 0.6) is 5.75 Å². The Morgan fingerprint density at radius 1 is 1.31 bits per heavy atom. The van der Waals surface area contributed by atoms with Crippen molar-refractivity contribution in [1.82, 2.24) is 0 Å². The first-order valence-electron chi connectivity index (χ1n) is 4.86. The van der Waals surface area contributed by atoms with Crippen LogP contribution in [0.4, 0.5) is 0 Å². The van der Waals surface area contributed by atoms with Crippen LogP contribution in [0.25, 0.3) is 0 Å². The van der Waals surface area contributed by atoms with E-state index < -0.39 is 5.91 Å². The topological polar surface area (TPSA) is 55.7 Å². The minimum atomic E-state index is -0.629. The predicted molar refractivity (Wildman–Crippen MR) is 59.3 cm³/mol. The van der Waals surface area contributed by atoms with Gasteiger partial charge < -0.3 is 4.74 Å². The van der Waals surface area contributed by atoms with Crippen molar-refractivity contribution in [2.24, 2.45) is 4.99 Å². The molecule has 0 heterocycles. The second-order valence-corrected chi connectivity index (χ2v) is 3.54. The van der Waals surface area contributed by atoms with Crippen molar-refractivity contribution in [2.45, 2.75) is 20.8 Å². The molecule has 0 saturated heterocycles. The first-order valence-corrected chi connectivity index (χ1v) is 4.86. The number of benzene rings is 1. The summed E-state index contributed by atoms with van der Waals surface area (Å²) in [6.45, 7) is 5.55. The van der Waals surface area contributed by atoms with E-state index in [1.807, 2.05) is 32.9 Å². The number of aliphatic imine (C=N–C) groups is 1. The zero-order valence-corrected chi connectivity index (χ0v) is 9.53. The Hall–Kier alpha value is -1.93. The zero-order valence-electron chi connectivity index (χ0n) is 9.53. The van der Waals surface area contributed by atoms with Gasteiger partial charge in [-0.3, -0.25) is 4.79 Å². The largest absolute Gasteiger partial charge is 0.483 e. The van der Waals surface area contributed by atoms with Crippen LogP contribution in [0.1, 0.15) is 16.7 Å². The van der Waals surface area contributed by atoms with Crippen LogP contribution in [0, 0.1) is 20.8 Å². The lowest BCUT2D eigenvalue weighted by atomic mass is 10.1. The van der Waals surface area contributed by atoms with Crippen molar-refractivity contribution in [3.05, 3.63) is 28.8 Å². The molecule has 0 N–H and O–H groups in total. The molecule has 0 aliphatic rings. The summed E-state index contributed by atoms with van der Waals surface area (Å²) < 4.78 is 5.34. The molecule has 84 valence electrons. The third-order valence-electron chi connectivity index (χ3n) is 2.38. The van der Waals surface area contributed by atoms with Crippen molar-refractivity contribution in [3.63, 3.8) is 0 Å². The number of amides is 1. The molecular formula is C12H13NO3. The molecule has 1 aromatic carbocycles. The maximum Gasteiger partial charge on any atom is 0.294 e. The molecule has 4 nitrogen and oxygen atoms in total. The summed E-state index contributed by atoms with van der Waals surface area (Å²) in [5.74, 6) is 0.0461. The van der Waals surface area contributed by atoms with Gasteiger partial charge in [0.15, 0.2) is 6.61 Å². The minimum absolute atomic E-state index is 0.236. The first kappa shape index (κ1) is 12.1. The summed E-state index contributed by atoms with van der Waals surface area (Å²) in [7, 11) is 0. The molecule has 0 unspecified atom stereocenters. The monoisotopic (exact) mass is 219 g/mol. The van der Waals surface area contributed by atoms with Crippen LogP contribution in [0.15, 0.2) is 17.1 Å². The molecule has 1 aromatic rings. The average molecular weight is 219 g/mol. The van der Waals surface area contributed by atoms with E-state index in [0.717, 1.165) is 16.7 Å². The molecule has 0 saturated carbocycles. The maximum atomic E-state index is 11.0. The Kier molecular flexibility index (Phi) is 3.97. The molecular weight excluding hydrogens is 206 g/mol. The van der Waals surface area contributed by atoms with E-state index in [4.69, 9.17) is 4.74 Å². The van der Waals surface area contributed by atoms with Crippen molar-refractivity contribution < 1.29 is 14.3 Å². The highest BCUT2D eigenvalue weighted by Crippen LogP contribution is 2.25. The quantitative estimate of drug-likeness (QED) is 0.576. The third kappa shape index (κ3) is 2.78. The van der Waals surface area contributed by atoms with E-state index in [-0.39, 0.29) is 6.61 Å². The molecule has 0 atom stereocenters. The van der Waals surface area contributed by atoms with Crippen molar-refractivity contribution in [1.29, 1.82) is 0 Å². The minimum Gasteiger partial charge on any atom is -0.483 e. The number of carbonyl (C=O) groups is 1. The summed E-state index contributed by atoms with van der Waals surface area (Å²) >= 11 is 0. The summed E-state index contributed by atoms with van der Waals surface area (Å²) in [6, 6.07) is 3.91. The van der Waals surface area contributed by atoms with Crippen LogP contribution >= 0.6 is 0 Å². The van der Waals surface area contributed by atoms with Gasteiger partial charge in [-0.05, 0) is 37.5 Å². The van der Waals surface area contributed by atoms with Crippen molar-refractivity contribution in [2.75, 3.05) is 6.61 Å². The number of aryl methyl sites for hydroxylation is 2. The second kappa shape index (κ2) is 5.24. The van der Waals surface area contributed by atoms with E-state index in [1.54, 1.807) is 0 Å². The lowest BCUT2D eigenvalue weighted by Crippen LogP contribution is -2.10. The molecule has 1 rings (SSSR count). The summed E-state index contributed by atoms with van der Waals surface area (Å²) in [6.07, 6.45) is 1.19. The van der Waals surface area contributed by atoms with Crippen LogP contribution < -0.4 is 4.74 Å². The van der Waals surface area contributed by atoms with Crippen LogP contribution in [-0.4, -0.2) is 18.6 Å². The number of carbonyl (C=O) groups excluding carboxylic acids is 2. The molecule has 0 aliphatic heterocycles. The van der Waals surface area contributed by atoms with Gasteiger partial charge in [0.1, 0.15) is 5.75 Å². The average Bonchev–Trinajstić information content (AvgIpc) is 2.24. The fraction of sp³-hybridized carbons (Fsp3) is 0.333. The Labute approximate surface area is 94.0 Å². The number of hydrogen-bond acceptors (Lipinski definition) is 3. The van der Waals surface area contributed by atoms with Gasteiger partial charge in [0.25, 0.3) is 5.91 Å². The fourth-order valence-corrected chi connectivity index (χ4v) is 1.36. The van der Waals surface area contributed by atoms with Crippen molar-refractivity contribution in [3.8, 4) is 5.75 Å². The van der Waals surface area contributed by atoms with Gasteiger partial charge in [0.2, 0.25) is 6.08 Å². The summed E-state index contributed by atoms with van der Waals surface area (Å²) in [5.41, 5.74) is 3.03. The van der Waals surface area contributed by atoms with Gasteiger partial charge in [0.05, 0.1) is 0 Å². The zero-order chi connectivity index (χ0) is 12.1. The molecule has 0 aliphatic carbocycles. The maximum absolute atomic E-state index is 11.0. The highest BCUT2D eigenvalue weighted by molar-refractivity contribution is 5.82. The highest BCUT2D eigenvalue weighted by atomic mass is 16.5. The number of nitrogens with zero attached hydrogens (tertiary/aromatic N) is 1. The molecule has 1 amide bonds. The van der Waals surface area contributed by atoms with Crippen LogP contribution in [0.3, 0.4) is 0 Å². The Balaban J connectivity index is 2.85. The lowest BCUT2D eigenvalue weighted by molar-refractivity contribution is -0.119. The van der Waals surface area contributed by atoms with Gasteiger partial charge in [-0.25, -0.2) is 4.79 Å². The van der Waals surface area contributed by atoms with E-state index >= 15 is 0 Å². The summed E-state index contributed by atoms with van der Waals surface area (Å²) in [5, 5.41) is 0. The standard InChI is InChI=1S/C12H13NO3/c1-8-4-5-9(2)12(10(8)3)16-6-11(15)13-7-14/h4-5H,6H2,1-3H3. The number of hydrogen-bond donors (Lipinski definition) is 0. The first-order chi connectivity index (χ1) is 7.56. The molecule has 0 spiro atoms. The summed E-state index contributed by atoms with van der Waals surface area (Å²) in [4.78, 5) is 23.8. The van der Waals surface area contributed by atoms with E-state index in [1.165, 1.54) is 6.08 Å². The van der Waals surface area contributed by atoms with Crippen molar-refractivity contribution >= 4 is 12.0 Å². The molecule has 0 radical (unpaired) electrons. The van der Waals surface area contributed by atoms with Gasteiger partial charge in [-0.1, -0.05) is 12.1 Å². The molecule has 0 bridgehead atoms. The molecule has 0 fully saturated rings. The van der Waals surface area contributed by atoms with Gasteiger partial charge in [0, 0.05) is 0 Å². The Morgan fingerprint density at radius 3 is 2.56 bits per heavy atom. The van der Waals surface area contributed by atoms with Gasteiger partial charge >= 0.3 is 0 Å². The number of rotatable bonds is 3. The molecule has 4 heteroatoms. The fourth-order valence-electron chi connectivity index (χ4n) is 1.36. The highest BCUT2D eigenvalue weighted by Gasteiger charge is 2.08. The lowest BCUT2D eigenvalue weighted by Gasteiger charge is -2.12. The Bertz CT molecular complexity index is 460. The van der Waals surface area contributed by atoms with Crippen LogP contribution in [0.2, 0.25) is 0 Å². The number of isocyanates is 1.